The van der Waals surface area contributed by atoms with Crippen molar-refractivity contribution in [3.63, 3.8) is 0 Å². The van der Waals surface area contributed by atoms with Crippen LogP contribution >= 0.6 is 15.9 Å². The number of aromatic nitrogens is 2. The summed E-state index contributed by atoms with van der Waals surface area (Å²) in [6.45, 7) is 0. The Bertz CT molecular complexity index is 698. The second kappa shape index (κ2) is 5.48. The van der Waals surface area contributed by atoms with Crippen LogP contribution in [0.1, 0.15) is 30.1 Å². The van der Waals surface area contributed by atoms with Gasteiger partial charge in [-0.3, -0.25) is 14.8 Å². The Hall–Kier alpha value is -1.89. The summed E-state index contributed by atoms with van der Waals surface area (Å²) in [5, 5.41) is 18.8. The van der Waals surface area contributed by atoms with Gasteiger partial charge in [-0.15, -0.1) is 0 Å². The van der Waals surface area contributed by atoms with Crippen LogP contribution in [0.25, 0.3) is 0 Å². The van der Waals surface area contributed by atoms with E-state index in [1.807, 2.05) is 24.0 Å². The second-order valence-electron chi connectivity index (χ2n) is 5.18. The van der Waals surface area contributed by atoms with E-state index >= 15 is 0 Å². The van der Waals surface area contributed by atoms with Crippen LogP contribution in [0, 0.1) is 10.1 Å². The summed E-state index contributed by atoms with van der Waals surface area (Å²) in [5.74, 6) is 0. The fourth-order valence-corrected chi connectivity index (χ4v) is 3.17. The number of fused-ring (bicyclic) bond motifs is 1. The first-order valence-corrected chi connectivity index (χ1v) is 7.57. The summed E-state index contributed by atoms with van der Waals surface area (Å²) < 4.78 is 2.59. The second-order valence-corrected chi connectivity index (χ2v) is 6.09. The van der Waals surface area contributed by atoms with Crippen LogP contribution in [-0.2, 0) is 13.5 Å². The van der Waals surface area contributed by atoms with E-state index in [1.165, 1.54) is 11.8 Å². The maximum absolute atomic E-state index is 11.2. The SMILES string of the molecule is Cn1ncc2c1CCCC2Nc1ccc(Br)cc1[N+](=O)[O-]. The van der Waals surface area contributed by atoms with Gasteiger partial charge in [0, 0.05) is 28.8 Å². The maximum Gasteiger partial charge on any atom is 0.293 e. The normalized spacial score (nSPS) is 17.3. The van der Waals surface area contributed by atoms with Crippen LogP contribution in [0.2, 0.25) is 0 Å². The molecule has 1 aromatic heterocycles. The lowest BCUT2D eigenvalue weighted by molar-refractivity contribution is -0.384. The highest BCUT2D eigenvalue weighted by atomic mass is 79.9. The summed E-state index contributed by atoms with van der Waals surface area (Å²) >= 11 is 3.27. The van der Waals surface area contributed by atoms with Crippen LogP contribution in [0.3, 0.4) is 0 Å². The van der Waals surface area contributed by atoms with Gasteiger partial charge in [-0.1, -0.05) is 15.9 Å². The van der Waals surface area contributed by atoms with Crippen molar-refractivity contribution in [2.24, 2.45) is 7.05 Å². The number of nitro benzene ring substituents is 1. The van der Waals surface area contributed by atoms with Crippen molar-refractivity contribution in [2.75, 3.05) is 5.32 Å². The molecule has 1 N–H and O–H groups in total. The fourth-order valence-electron chi connectivity index (χ4n) is 2.82. The molecule has 0 bridgehead atoms. The van der Waals surface area contributed by atoms with Crippen LogP contribution in [0.4, 0.5) is 11.4 Å². The Labute approximate surface area is 130 Å². The lowest BCUT2D eigenvalue weighted by atomic mass is 9.92. The van der Waals surface area contributed by atoms with Crippen molar-refractivity contribution in [3.05, 3.63) is 50.2 Å². The van der Waals surface area contributed by atoms with Gasteiger partial charge in [0.25, 0.3) is 5.69 Å². The molecule has 1 aromatic carbocycles. The van der Waals surface area contributed by atoms with E-state index in [4.69, 9.17) is 0 Å². The molecule has 3 rings (SSSR count). The highest BCUT2D eigenvalue weighted by Crippen LogP contribution is 2.36. The highest BCUT2D eigenvalue weighted by molar-refractivity contribution is 9.10. The van der Waals surface area contributed by atoms with E-state index < -0.39 is 0 Å². The molecule has 0 spiro atoms. The molecule has 0 aliphatic heterocycles. The van der Waals surface area contributed by atoms with E-state index in [-0.39, 0.29) is 16.7 Å². The molecular weight excluding hydrogens is 336 g/mol. The van der Waals surface area contributed by atoms with Gasteiger partial charge in [0.1, 0.15) is 5.69 Å². The molecule has 6 nitrogen and oxygen atoms in total. The van der Waals surface area contributed by atoms with Crippen molar-refractivity contribution < 1.29 is 4.92 Å². The van der Waals surface area contributed by atoms with Crippen LogP contribution in [0.15, 0.2) is 28.9 Å². The number of anilines is 1. The summed E-state index contributed by atoms with van der Waals surface area (Å²) in [4.78, 5) is 10.8. The van der Waals surface area contributed by atoms with E-state index in [1.54, 1.807) is 6.07 Å². The smallest absolute Gasteiger partial charge is 0.293 e. The Morgan fingerprint density at radius 1 is 1.52 bits per heavy atom. The average molecular weight is 351 g/mol. The average Bonchev–Trinajstić information content (AvgIpc) is 2.83. The standard InChI is InChI=1S/C14H15BrN4O2/c1-18-13-4-2-3-11(10(13)8-16-18)17-12-6-5-9(15)7-14(12)19(20)21/h5-8,11,17H,2-4H2,1H3. The molecule has 1 unspecified atom stereocenters. The molecule has 1 aliphatic rings. The monoisotopic (exact) mass is 350 g/mol. The minimum Gasteiger partial charge on any atom is -0.373 e. The summed E-state index contributed by atoms with van der Waals surface area (Å²) in [7, 11) is 1.93. The lowest BCUT2D eigenvalue weighted by Gasteiger charge is -2.24. The van der Waals surface area contributed by atoms with Gasteiger partial charge in [0.05, 0.1) is 17.2 Å². The first-order valence-electron chi connectivity index (χ1n) is 6.77. The Balaban J connectivity index is 1.93. The number of nitro groups is 1. The molecule has 7 heteroatoms. The van der Waals surface area contributed by atoms with Gasteiger partial charge in [0.15, 0.2) is 0 Å². The zero-order chi connectivity index (χ0) is 15.0. The largest absolute Gasteiger partial charge is 0.373 e. The molecule has 1 heterocycles. The van der Waals surface area contributed by atoms with E-state index in [9.17, 15) is 10.1 Å². The maximum atomic E-state index is 11.2. The molecular formula is C14H15BrN4O2. The Morgan fingerprint density at radius 3 is 3.10 bits per heavy atom. The van der Waals surface area contributed by atoms with Gasteiger partial charge in [-0.2, -0.15) is 5.10 Å². The first kappa shape index (κ1) is 14.1. The molecule has 0 amide bonds. The third kappa shape index (κ3) is 2.65. The van der Waals surface area contributed by atoms with Crippen molar-refractivity contribution >= 4 is 27.3 Å². The summed E-state index contributed by atoms with van der Waals surface area (Å²) in [6, 6.07) is 5.15. The first-order chi connectivity index (χ1) is 10.1. The van der Waals surface area contributed by atoms with Gasteiger partial charge < -0.3 is 5.32 Å². The van der Waals surface area contributed by atoms with Crippen molar-refractivity contribution in [2.45, 2.75) is 25.3 Å². The topological polar surface area (TPSA) is 73.0 Å². The quantitative estimate of drug-likeness (QED) is 0.678. The minimum atomic E-state index is -0.361. The number of hydrogen-bond donors (Lipinski definition) is 1. The van der Waals surface area contributed by atoms with Crippen LogP contribution in [-0.4, -0.2) is 14.7 Å². The Kier molecular flexibility index (Phi) is 3.67. The lowest BCUT2D eigenvalue weighted by Crippen LogP contribution is -2.18. The number of halogens is 1. The number of nitrogens with one attached hydrogen (secondary N) is 1. The number of benzene rings is 1. The molecule has 21 heavy (non-hydrogen) atoms. The Morgan fingerprint density at radius 2 is 2.33 bits per heavy atom. The van der Waals surface area contributed by atoms with Crippen molar-refractivity contribution in [3.8, 4) is 0 Å². The summed E-state index contributed by atoms with van der Waals surface area (Å²) in [5.41, 5.74) is 2.98. The fraction of sp³-hybridized carbons (Fsp3) is 0.357. The van der Waals surface area contributed by atoms with Crippen LogP contribution in [0.5, 0.6) is 0 Å². The zero-order valence-corrected chi connectivity index (χ0v) is 13.1. The van der Waals surface area contributed by atoms with Crippen LogP contribution < -0.4 is 5.32 Å². The molecule has 1 aliphatic carbocycles. The van der Waals surface area contributed by atoms with E-state index in [2.05, 4.69) is 26.3 Å². The molecule has 2 aromatic rings. The van der Waals surface area contributed by atoms with E-state index in [0.29, 0.717) is 10.2 Å². The van der Waals surface area contributed by atoms with Gasteiger partial charge in [-0.05, 0) is 31.4 Å². The molecule has 1 atom stereocenters. The molecule has 0 radical (unpaired) electrons. The number of aryl methyl sites for hydroxylation is 1. The van der Waals surface area contributed by atoms with Crippen molar-refractivity contribution in [1.29, 1.82) is 0 Å². The highest BCUT2D eigenvalue weighted by Gasteiger charge is 2.25. The predicted octanol–water partition coefficient (Wildman–Crippen LogP) is 3.58. The zero-order valence-electron chi connectivity index (χ0n) is 11.5. The number of hydrogen-bond acceptors (Lipinski definition) is 4. The molecule has 110 valence electrons. The van der Waals surface area contributed by atoms with Crippen molar-refractivity contribution in [1.82, 2.24) is 9.78 Å². The van der Waals surface area contributed by atoms with Gasteiger partial charge in [0.2, 0.25) is 0 Å². The predicted molar refractivity (Wildman–Crippen MR) is 83.3 cm³/mol. The third-order valence-electron chi connectivity index (χ3n) is 3.86. The van der Waals surface area contributed by atoms with Gasteiger partial charge >= 0.3 is 0 Å². The number of nitrogens with zero attached hydrogens (tertiary/aromatic N) is 3. The molecule has 0 saturated heterocycles. The molecule has 0 fully saturated rings. The summed E-state index contributed by atoms with van der Waals surface area (Å²) in [6.07, 6.45) is 4.86. The number of rotatable bonds is 3. The molecule has 0 saturated carbocycles. The van der Waals surface area contributed by atoms with Gasteiger partial charge in [-0.25, -0.2) is 0 Å². The third-order valence-corrected chi connectivity index (χ3v) is 4.36. The minimum absolute atomic E-state index is 0.0716. The van der Waals surface area contributed by atoms with E-state index in [0.717, 1.165) is 24.8 Å².